The van der Waals surface area contributed by atoms with E-state index in [1.165, 1.54) is 25.7 Å². The minimum atomic E-state index is -0.410. The van der Waals surface area contributed by atoms with E-state index in [1.807, 2.05) is 42.5 Å². The first-order valence-corrected chi connectivity index (χ1v) is 15.6. The zero-order valence-corrected chi connectivity index (χ0v) is 23.4. The van der Waals surface area contributed by atoms with Gasteiger partial charge in [-0.05, 0) is 67.3 Å². The molecule has 2 amide bonds. The van der Waals surface area contributed by atoms with E-state index in [9.17, 15) is 9.59 Å². The summed E-state index contributed by atoms with van der Waals surface area (Å²) >= 11 is 1.65. The molecule has 2 aliphatic carbocycles. The molecule has 39 heavy (non-hydrogen) atoms. The number of nitrogens with one attached hydrogen (secondary N) is 1. The van der Waals surface area contributed by atoms with Gasteiger partial charge in [0, 0.05) is 35.6 Å². The van der Waals surface area contributed by atoms with Gasteiger partial charge in [-0.3, -0.25) is 14.5 Å². The molecule has 0 radical (unpaired) electrons. The number of benzene rings is 1. The van der Waals surface area contributed by atoms with E-state index in [0.717, 1.165) is 61.4 Å². The first-order valence-electron chi connectivity index (χ1n) is 14.7. The lowest BCUT2D eigenvalue weighted by Crippen LogP contribution is -2.50. The molecule has 1 aliphatic heterocycles. The monoisotopic (exact) mass is 545 g/mol. The van der Waals surface area contributed by atoms with Gasteiger partial charge in [-0.25, -0.2) is 0 Å². The average Bonchev–Trinajstić information content (AvgIpc) is 3.78. The zero-order valence-electron chi connectivity index (χ0n) is 22.6. The van der Waals surface area contributed by atoms with Gasteiger partial charge in [-0.15, -0.1) is 11.3 Å². The lowest BCUT2D eigenvalue weighted by molar-refractivity contribution is -0.124. The molecule has 2 fully saturated rings. The second-order valence-electron chi connectivity index (χ2n) is 11.3. The van der Waals surface area contributed by atoms with E-state index >= 15 is 0 Å². The third-order valence-electron chi connectivity index (χ3n) is 8.91. The van der Waals surface area contributed by atoms with Crippen LogP contribution in [-0.4, -0.2) is 46.8 Å². The highest BCUT2D eigenvalue weighted by molar-refractivity contribution is 7.10. The molecule has 3 aromatic rings. The summed E-state index contributed by atoms with van der Waals surface area (Å²) in [5.41, 5.74) is 1.54. The van der Waals surface area contributed by atoms with Crippen molar-refractivity contribution in [1.29, 1.82) is 0 Å². The standard InChI is InChI=1S/C32H39N3O3S/c36-31(33-18-9-19-34(23-10-1-2-11-23)22-25-14-7-20-38-25)29-26-15-5-6-16-27(26)32(37)35(24-12-3-4-13-24)30(29)28-17-8-21-39-28/h5-8,14-17,20-21,23-24,29-30H,1-4,9-13,18-19,22H2,(H,33,36)/t29-,30-/m1/s1. The van der Waals surface area contributed by atoms with Gasteiger partial charge < -0.3 is 14.6 Å². The van der Waals surface area contributed by atoms with Crippen LogP contribution < -0.4 is 5.32 Å². The van der Waals surface area contributed by atoms with Gasteiger partial charge in [-0.1, -0.05) is 49.9 Å². The highest BCUT2D eigenvalue weighted by Gasteiger charge is 2.47. The minimum absolute atomic E-state index is 0.0230. The topological polar surface area (TPSA) is 65.8 Å². The number of amides is 2. The molecule has 6 rings (SSSR count). The second kappa shape index (κ2) is 12.1. The number of hydrogen-bond donors (Lipinski definition) is 1. The summed E-state index contributed by atoms with van der Waals surface area (Å²) in [4.78, 5) is 33.6. The summed E-state index contributed by atoms with van der Waals surface area (Å²) < 4.78 is 5.65. The number of carbonyl (C=O) groups is 2. The molecule has 0 bridgehead atoms. The lowest BCUT2D eigenvalue weighted by atomic mass is 9.80. The van der Waals surface area contributed by atoms with Crippen molar-refractivity contribution in [2.24, 2.45) is 0 Å². The van der Waals surface area contributed by atoms with Crippen LogP contribution in [0, 0.1) is 0 Å². The maximum atomic E-state index is 14.0. The van der Waals surface area contributed by atoms with Crippen molar-refractivity contribution in [3.63, 3.8) is 0 Å². The fraction of sp³-hybridized carbons (Fsp3) is 0.500. The van der Waals surface area contributed by atoms with Gasteiger partial charge in [0.1, 0.15) is 5.76 Å². The third kappa shape index (κ3) is 5.57. The van der Waals surface area contributed by atoms with Gasteiger partial charge in [0.15, 0.2) is 0 Å². The van der Waals surface area contributed by atoms with E-state index in [2.05, 4.69) is 26.6 Å². The number of hydrogen-bond acceptors (Lipinski definition) is 5. The summed E-state index contributed by atoms with van der Waals surface area (Å²) in [6, 6.07) is 16.4. The van der Waals surface area contributed by atoms with E-state index in [1.54, 1.807) is 17.6 Å². The van der Waals surface area contributed by atoms with Crippen molar-refractivity contribution in [2.75, 3.05) is 13.1 Å². The van der Waals surface area contributed by atoms with Crippen molar-refractivity contribution in [3.8, 4) is 0 Å². The van der Waals surface area contributed by atoms with Crippen molar-refractivity contribution in [2.45, 2.75) is 88.4 Å². The Morgan fingerprint density at radius 3 is 2.54 bits per heavy atom. The molecule has 0 saturated heterocycles. The Morgan fingerprint density at radius 1 is 1.00 bits per heavy atom. The van der Waals surface area contributed by atoms with Crippen LogP contribution in [-0.2, 0) is 11.3 Å². The maximum absolute atomic E-state index is 14.0. The molecular formula is C32H39N3O3S. The van der Waals surface area contributed by atoms with E-state index in [0.29, 0.717) is 18.2 Å². The van der Waals surface area contributed by atoms with Gasteiger partial charge in [0.2, 0.25) is 5.91 Å². The fourth-order valence-electron chi connectivity index (χ4n) is 7.05. The molecule has 2 atom stereocenters. The summed E-state index contributed by atoms with van der Waals surface area (Å²) in [7, 11) is 0. The summed E-state index contributed by atoms with van der Waals surface area (Å²) in [6.45, 7) is 2.36. The van der Waals surface area contributed by atoms with Crippen LogP contribution in [0.5, 0.6) is 0 Å². The van der Waals surface area contributed by atoms with Crippen molar-refractivity contribution in [1.82, 2.24) is 15.1 Å². The number of furan rings is 1. The Hall–Kier alpha value is -2.90. The predicted molar refractivity (Wildman–Crippen MR) is 154 cm³/mol. The molecule has 2 aromatic heterocycles. The first kappa shape index (κ1) is 26.3. The number of fused-ring (bicyclic) bond motifs is 1. The van der Waals surface area contributed by atoms with Gasteiger partial charge >= 0.3 is 0 Å². The summed E-state index contributed by atoms with van der Waals surface area (Å²) in [6.07, 6.45) is 12.0. The molecule has 0 spiro atoms. The Balaban J connectivity index is 1.19. The largest absolute Gasteiger partial charge is 0.468 e. The first-order chi connectivity index (χ1) is 19.2. The SMILES string of the molecule is O=C(NCCCN(Cc1ccco1)C1CCCC1)[C@@H]1c2ccccc2C(=O)N(C2CCCC2)[C@@H]1c1cccs1. The molecular weight excluding hydrogens is 506 g/mol. The van der Waals surface area contributed by atoms with Gasteiger partial charge in [-0.2, -0.15) is 0 Å². The summed E-state index contributed by atoms with van der Waals surface area (Å²) in [5.74, 6) is 0.687. The van der Waals surface area contributed by atoms with Gasteiger partial charge in [0.05, 0.1) is 24.8 Å². The van der Waals surface area contributed by atoms with Crippen molar-refractivity contribution < 1.29 is 14.0 Å². The molecule has 2 saturated carbocycles. The molecule has 1 aromatic carbocycles. The normalized spacial score (nSPS) is 22.1. The minimum Gasteiger partial charge on any atom is -0.468 e. The number of thiophene rings is 1. The Kier molecular flexibility index (Phi) is 8.16. The molecule has 0 unspecified atom stereocenters. The molecule has 3 heterocycles. The highest BCUT2D eigenvalue weighted by atomic mass is 32.1. The molecule has 6 nitrogen and oxygen atoms in total. The predicted octanol–water partition coefficient (Wildman–Crippen LogP) is 6.52. The maximum Gasteiger partial charge on any atom is 0.254 e. The highest BCUT2D eigenvalue weighted by Crippen LogP contribution is 2.47. The van der Waals surface area contributed by atoms with Gasteiger partial charge in [0.25, 0.3) is 5.91 Å². The fourth-order valence-corrected chi connectivity index (χ4v) is 7.91. The number of rotatable bonds is 10. The Bertz CT molecular complexity index is 1230. The molecule has 7 heteroatoms. The van der Waals surface area contributed by atoms with Crippen LogP contribution in [0.15, 0.2) is 64.6 Å². The van der Waals surface area contributed by atoms with Crippen LogP contribution in [0.2, 0.25) is 0 Å². The second-order valence-corrected chi connectivity index (χ2v) is 12.3. The quantitative estimate of drug-likeness (QED) is 0.295. The van der Waals surface area contributed by atoms with Crippen LogP contribution >= 0.6 is 11.3 Å². The van der Waals surface area contributed by atoms with E-state index in [4.69, 9.17) is 4.42 Å². The third-order valence-corrected chi connectivity index (χ3v) is 9.86. The molecule has 1 N–H and O–H groups in total. The van der Waals surface area contributed by atoms with Crippen molar-refractivity contribution in [3.05, 3.63) is 81.9 Å². The van der Waals surface area contributed by atoms with Crippen molar-refractivity contribution >= 4 is 23.2 Å². The Morgan fingerprint density at radius 2 is 1.79 bits per heavy atom. The van der Waals surface area contributed by atoms with Crippen LogP contribution in [0.4, 0.5) is 0 Å². The summed E-state index contributed by atoms with van der Waals surface area (Å²) in [5, 5.41) is 5.35. The van der Waals surface area contributed by atoms with E-state index < -0.39 is 5.92 Å². The zero-order chi connectivity index (χ0) is 26.6. The smallest absolute Gasteiger partial charge is 0.254 e. The Labute approximate surface area is 235 Å². The molecule has 3 aliphatic rings. The van der Waals surface area contributed by atoms with Crippen LogP contribution in [0.1, 0.15) is 96.3 Å². The number of nitrogens with zero attached hydrogens (tertiary/aromatic N) is 2. The van der Waals surface area contributed by atoms with Crippen LogP contribution in [0.25, 0.3) is 0 Å². The van der Waals surface area contributed by atoms with E-state index in [-0.39, 0.29) is 23.9 Å². The molecule has 206 valence electrons. The number of carbonyl (C=O) groups excluding carboxylic acids is 2. The van der Waals surface area contributed by atoms with Crippen LogP contribution in [0.3, 0.4) is 0 Å². The lowest BCUT2D eigenvalue weighted by Gasteiger charge is -2.44. The average molecular weight is 546 g/mol.